The van der Waals surface area contributed by atoms with Crippen LogP contribution in [-0.4, -0.2) is 51.1 Å². The van der Waals surface area contributed by atoms with Gasteiger partial charge in [-0.15, -0.1) is 11.8 Å². The molecule has 0 spiro atoms. The minimum absolute atomic E-state index is 0.188. The summed E-state index contributed by atoms with van der Waals surface area (Å²) < 4.78 is 27.3. The highest BCUT2D eigenvalue weighted by Gasteiger charge is 2.29. The Morgan fingerprint density at radius 2 is 1.63 bits per heavy atom. The average Bonchev–Trinajstić information content (AvgIpc) is 2.68. The van der Waals surface area contributed by atoms with E-state index >= 15 is 0 Å². The molecule has 3 rings (SSSR count). The second-order valence-electron chi connectivity index (χ2n) is 6.27. The Balaban J connectivity index is 1.70. The highest BCUT2D eigenvalue weighted by Crippen LogP contribution is 2.30. The van der Waals surface area contributed by atoms with Gasteiger partial charge in [0.1, 0.15) is 0 Å². The highest BCUT2D eigenvalue weighted by atomic mass is 32.2. The van der Waals surface area contributed by atoms with Crippen molar-refractivity contribution in [2.45, 2.75) is 16.7 Å². The first kappa shape index (κ1) is 19.7. The predicted molar refractivity (Wildman–Crippen MR) is 110 cm³/mol. The van der Waals surface area contributed by atoms with Crippen LogP contribution in [0.4, 0.5) is 11.4 Å². The number of piperazine rings is 1. The molecule has 0 atom stereocenters. The molecule has 1 aliphatic heterocycles. The Bertz CT molecular complexity index is 906. The lowest BCUT2D eigenvalue weighted by molar-refractivity contribution is -0.114. The van der Waals surface area contributed by atoms with Gasteiger partial charge in [0.05, 0.1) is 10.6 Å². The summed E-state index contributed by atoms with van der Waals surface area (Å²) in [5, 5.41) is 2.64. The van der Waals surface area contributed by atoms with Crippen LogP contribution in [0.5, 0.6) is 0 Å². The molecule has 1 aliphatic rings. The van der Waals surface area contributed by atoms with Crippen molar-refractivity contribution in [3.8, 4) is 0 Å². The van der Waals surface area contributed by atoms with Crippen LogP contribution in [0.2, 0.25) is 0 Å². The fraction of sp³-hybridized carbons (Fsp3) is 0.316. The number of para-hydroxylation sites is 1. The molecular formula is C19H23N3O3S2. The number of carbonyl (C=O) groups excluding carboxylic acids is 1. The molecule has 2 aromatic rings. The lowest BCUT2D eigenvalue weighted by Gasteiger charge is -2.36. The summed E-state index contributed by atoms with van der Waals surface area (Å²) >= 11 is 1.69. The Kier molecular flexibility index (Phi) is 6.08. The van der Waals surface area contributed by atoms with Gasteiger partial charge >= 0.3 is 0 Å². The number of thioether (sulfide) groups is 1. The monoisotopic (exact) mass is 405 g/mol. The molecule has 1 amide bonds. The number of hydrogen-bond donors (Lipinski definition) is 1. The van der Waals surface area contributed by atoms with E-state index in [0.717, 1.165) is 5.69 Å². The van der Waals surface area contributed by atoms with Crippen LogP contribution in [0.1, 0.15) is 6.92 Å². The third kappa shape index (κ3) is 4.45. The second kappa shape index (κ2) is 8.33. The largest absolute Gasteiger partial charge is 0.368 e. The summed E-state index contributed by atoms with van der Waals surface area (Å²) in [4.78, 5) is 14.8. The number of amides is 1. The van der Waals surface area contributed by atoms with Crippen LogP contribution in [0, 0.1) is 0 Å². The van der Waals surface area contributed by atoms with Gasteiger partial charge in [-0.2, -0.15) is 4.31 Å². The van der Waals surface area contributed by atoms with Crippen molar-refractivity contribution in [2.24, 2.45) is 0 Å². The first-order chi connectivity index (χ1) is 12.9. The molecule has 1 heterocycles. The Hall–Kier alpha value is -2.03. The van der Waals surface area contributed by atoms with Crippen LogP contribution in [-0.2, 0) is 14.8 Å². The van der Waals surface area contributed by atoms with Crippen molar-refractivity contribution in [3.63, 3.8) is 0 Å². The molecule has 0 radical (unpaired) electrons. The van der Waals surface area contributed by atoms with Crippen molar-refractivity contribution in [1.82, 2.24) is 4.31 Å². The van der Waals surface area contributed by atoms with E-state index in [4.69, 9.17) is 0 Å². The van der Waals surface area contributed by atoms with E-state index in [-0.39, 0.29) is 10.8 Å². The molecule has 0 saturated carbocycles. The van der Waals surface area contributed by atoms with E-state index in [1.165, 1.54) is 28.3 Å². The summed E-state index contributed by atoms with van der Waals surface area (Å²) in [6, 6.07) is 14.5. The van der Waals surface area contributed by atoms with Gasteiger partial charge in [0.25, 0.3) is 0 Å². The fourth-order valence-electron chi connectivity index (χ4n) is 3.12. The third-order valence-electron chi connectivity index (χ3n) is 4.48. The number of carbonyl (C=O) groups is 1. The van der Waals surface area contributed by atoms with Crippen LogP contribution >= 0.6 is 11.8 Å². The first-order valence-electron chi connectivity index (χ1n) is 8.67. The van der Waals surface area contributed by atoms with E-state index in [1.807, 2.05) is 18.4 Å². The van der Waals surface area contributed by atoms with Gasteiger partial charge in [-0.1, -0.05) is 12.1 Å². The molecule has 6 nitrogen and oxygen atoms in total. The Morgan fingerprint density at radius 3 is 2.22 bits per heavy atom. The number of sulfonamides is 1. The van der Waals surface area contributed by atoms with Gasteiger partial charge in [0, 0.05) is 43.7 Å². The number of nitrogens with zero attached hydrogens (tertiary/aromatic N) is 2. The van der Waals surface area contributed by atoms with Gasteiger partial charge in [0.2, 0.25) is 15.9 Å². The van der Waals surface area contributed by atoms with Gasteiger partial charge in [0.15, 0.2) is 0 Å². The minimum Gasteiger partial charge on any atom is -0.368 e. The van der Waals surface area contributed by atoms with Crippen molar-refractivity contribution >= 4 is 39.1 Å². The number of hydrogen-bond acceptors (Lipinski definition) is 5. The summed E-state index contributed by atoms with van der Waals surface area (Å²) in [6.45, 7) is 3.61. The Morgan fingerprint density at radius 1 is 1.00 bits per heavy atom. The van der Waals surface area contributed by atoms with E-state index < -0.39 is 10.0 Å². The topological polar surface area (TPSA) is 69.7 Å². The fourth-order valence-corrected chi connectivity index (χ4v) is 5.17. The Labute approximate surface area is 164 Å². The normalized spacial score (nSPS) is 15.6. The van der Waals surface area contributed by atoms with Crippen molar-refractivity contribution in [3.05, 3.63) is 48.5 Å². The van der Waals surface area contributed by atoms with E-state index in [0.29, 0.717) is 31.9 Å². The molecule has 0 bridgehead atoms. The SMILES string of the molecule is CSc1ccccc1N1CCN(S(=O)(=O)c2ccc(NC(C)=O)cc2)CC1. The van der Waals surface area contributed by atoms with Crippen LogP contribution in [0.3, 0.4) is 0 Å². The summed E-state index contributed by atoms with van der Waals surface area (Å²) in [5.74, 6) is -0.188. The summed E-state index contributed by atoms with van der Waals surface area (Å²) in [7, 11) is -3.54. The highest BCUT2D eigenvalue weighted by molar-refractivity contribution is 7.98. The molecule has 0 unspecified atom stereocenters. The predicted octanol–water partition coefficient (Wildman–Crippen LogP) is 2.88. The number of rotatable bonds is 5. The van der Waals surface area contributed by atoms with Crippen molar-refractivity contribution < 1.29 is 13.2 Å². The molecule has 0 aromatic heterocycles. The molecule has 2 aromatic carbocycles. The summed E-state index contributed by atoms with van der Waals surface area (Å²) in [5.41, 5.74) is 1.74. The maximum absolute atomic E-state index is 12.9. The van der Waals surface area contributed by atoms with Crippen LogP contribution < -0.4 is 10.2 Å². The van der Waals surface area contributed by atoms with Crippen LogP contribution in [0.15, 0.2) is 58.3 Å². The molecule has 1 N–H and O–H groups in total. The standard InChI is InChI=1S/C19H23N3O3S2/c1-15(23)20-16-7-9-17(10-8-16)27(24,25)22-13-11-21(12-14-22)18-5-3-4-6-19(18)26-2/h3-10H,11-14H2,1-2H3,(H,20,23). The molecular weight excluding hydrogens is 382 g/mol. The van der Waals surface area contributed by atoms with Crippen LogP contribution in [0.25, 0.3) is 0 Å². The zero-order chi connectivity index (χ0) is 19.4. The lowest BCUT2D eigenvalue weighted by Crippen LogP contribution is -2.48. The van der Waals surface area contributed by atoms with Gasteiger partial charge < -0.3 is 10.2 Å². The van der Waals surface area contributed by atoms with Gasteiger partial charge in [-0.3, -0.25) is 4.79 Å². The van der Waals surface area contributed by atoms with Crippen molar-refractivity contribution in [1.29, 1.82) is 0 Å². The number of nitrogens with one attached hydrogen (secondary N) is 1. The first-order valence-corrected chi connectivity index (χ1v) is 11.3. The molecule has 0 aliphatic carbocycles. The van der Waals surface area contributed by atoms with E-state index in [2.05, 4.69) is 22.3 Å². The lowest BCUT2D eigenvalue weighted by atomic mass is 10.2. The second-order valence-corrected chi connectivity index (χ2v) is 9.05. The summed E-state index contributed by atoms with van der Waals surface area (Å²) in [6.07, 6.45) is 2.05. The smallest absolute Gasteiger partial charge is 0.243 e. The quantitative estimate of drug-likeness (QED) is 0.775. The average molecular weight is 406 g/mol. The number of benzene rings is 2. The van der Waals surface area contributed by atoms with Crippen molar-refractivity contribution in [2.75, 3.05) is 42.7 Å². The van der Waals surface area contributed by atoms with E-state index in [1.54, 1.807) is 23.9 Å². The van der Waals surface area contributed by atoms with Gasteiger partial charge in [-0.25, -0.2) is 8.42 Å². The minimum atomic E-state index is -3.54. The molecule has 8 heteroatoms. The molecule has 27 heavy (non-hydrogen) atoms. The maximum atomic E-state index is 12.9. The van der Waals surface area contributed by atoms with E-state index in [9.17, 15) is 13.2 Å². The third-order valence-corrected chi connectivity index (χ3v) is 7.17. The zero-order valence-corrected chi connectivity index (χ0v) is 17.0. The zero-order valence-electron chi connectivity index (χ0n) is 15.4. The van der Waals surface area contributed by atoms with Gasteiger partial charge in [-0.05, 0) is 42.7 Å². The molecule has 1 saturated heterocycles. The maximum Gasteiger partial charge on any atom is 0.243 e. The molecule has 1 fully saturated rings. The number of anilines is 2. The molecule has 144 valence electrons.